The van der Waals surface area contributed by atoms with E-state index in [9.17, 15) is 9.59 Å². The topological polar surface area (TPSA) is 84.7 Å². The van der Waals surface area contributed by atoms with Crippen molar-refractivity contribution in [3.05, 3.63) is 64.7 Å². The third kappa shape index (κ3) is 5.13. The molecule has 27 heavy (non-hydrogen) atoms. The molecule has 8 heteroatoms. The van der Waals surface area contributed by atoms with Crippen LogP contribution < -0.4 is 15.8 Å². The molecule has 1 unspecified atom stereocenters. The van der Waals surface area contributed by atoms with Gasteiger partial charge >= 0.3 is 0 Å². The van der Waals surface area contributed by atoms with Gasteiger partial charge in [0.05, 0.1) is 6.04 Å². The van der Waals surface area contributed by atoms with Crippen molar-refractivity contribution in [3.8, 4) is 5.75 Å². The van der Waals surface area contributed by atoms with Crippen LogP contribution in [0.15, 0.2) is 48.5 Å². The van der Waals surface area contributed by atoms with Crippen molar-refractivity contribution in [1.29, 1.82) is 0 Å². The molecule has 1 aliphatic heterocycles. The summed E-state index contributed by atoms with van der Waals surface area (Å²) in [7, 11) is 0. The fourth-order valence-electron chi connectivity index (χ4n) is 2.98. The predicted molar refractivity (Wildman–Crippen MR) is 106 cm³/mol. The second-order valence-electron chi connectivity index (χ2n) is 6.02. The van der Waals surface area contributed by atoms with Crippen LogP contribution in [0.2, 0.25) is 5.02 Å². The maximum atomic E-state index is 13.0. The van der Waals surface area contributed by atoms with E-state index in [1.54, 1.807) is 24.3 Å². The van der Waals surface area contributed by atoms with E-state index >= 15 is 0 Å². The lowest BCUT2D eigenvalue weighted by molar-refractivity contribution is -0.119. The molecule has 1 heterocycles. The average molecular weight is 410 g/mol. The lowest BCUT2D eigenvalue weighted by Gasteiger charge is -2.37. The Morgan fingerprint density at radius 1 is 1.19 bits per heavy atom. The normalized spacial score (nSPS) is 16.3. The summed E-state index contributed by atoms with van der Waals surface area (Å²) in [6, 6.07) is 14.1. The second kappa shape index (κ2) is 9.60. The van der Waals surface area contributed by atoms with Crippen molar-refractivity contribution in [2.24, 2.45) is 5.73 Å². The largest absolute Gasteiger partial charge is 0.484 e. The van der Waals surface area contributed by atoms with Crippen LogP contribution in [0.1, 0.15) is 22.0 Å². The first-order valence-electron chi connectivity index (χ1n) is 8.33. The summed E-state index contributed by atoms with van der Waals surface area (Å²) in [5.74, 6) is -0.130. The fraction of sp³-hybridized carbons (Fsp3) is 0.263. The number of piperazine rings is 1. The maximum Gasteiger partial charge on any atom is 0.255 e. The Labute approximate surface area is 169 Å². The van der Waals surface area contributed by atoms with Gasteiger partial charge in [-0.25, -0.2) is 0 Å². The highest BCUT2D eigenvalue weighted by Gasteiger charge is 2.29. The minimum absolute atomic E-state index is 0. The number of carbonyl (C=O) groups excluding carboxylic acids is 2. The minimum Gasteiger partial charge on any atom is -0.484 e. The molecular weight excluding hydrogens is 389 g/mol. The first-order valence-corrected chi connectivity index (χ1v) is 8.71. The lowest BCUT2D eigenvalue weighted by Crippen LogP contribution is -2.48. The van der Waals surface area contributed by atoms with Crippen LogP contribution in [-0.2, 0) is 4.79 Å². The van der Waals surface area contributed by atoms with Gasteiger partial charge in [-0.15, -0.1) is 12.4 Å². The molecule has 3 N–H and O–H groups in total. The summed E-state index contributed by atoms with van der Waals surface area (Å²) in [5, 5.41) is 3.96. The Morgan fingerprint density at radius 2 is 1.89 bits per heavy atom. The first kappa shape index (κ1) is 21.0. The fourth-order valence-corrected chi connectivity index (χ4v) is 3.25. The Morgan fingerprint density at radius 3 is 2.56 bits per heavy atom. The number of hydrogen-bond donors (Lipinski definition) is 2. The minimum atomic E-state index is -0.548. The van der Waals surface area contributed by atoms with Crippen molar-refractivity contribution in [1.82, 2.24) is 10.2 Å². The Bertz CT molecular complexity index is 799. The van der Waals surface area contributed by atoms with Crippen molar-refractivity contribution in [2.45, 2.75) is 6.04 Å². The summed E-state index contributed by atoms with van der Waals surface area (Å²) in [4.78, 5) is 25.6. The second-order valence-corrected chi connectivity index (χ2v) is 6.43. The molecule has 0 spiro atoms. The number of halogens is 2. The Balaban J connectivity index is 0.00000261. The number of carbonyl (C=O) groups is 2. The highest BCUT2D eigenvalue weighted by Crippen LogP contribution is 2.29. The number of primary amides is 1. The van der Waals surface area contributed by atoms with Crippen LogP contribution in [0.3, 0.4) is 0 Å². The smallest absolute Gasteiger partial charge is 0.255 e. The number of nitrogens with two attached hydrogens (primary N) is 1. The summed E-state index contributed by atoms with van der Waals surface area (Å²) >= 11 is 6.33. The lowest BCUT2D eigenvalue weighted by atomic mass is 10.0. The third-order valence-corrected chi connectivity index (χ3v) is 4.60. The maximum absolute atomic E-state index is 13.0. The Kier molecular flexibility index (Phi) is 7.47. The summed E-state index contributed by atoms with van der Waals surface area (Å²) in [5.41, 5.74) is 6.54. The van der Waals surface area contributed by atoms with E-state index in [1.165, 1.54) is 0 Å². The van der Waals surface area contributed by atoms with E-state index in [1.807, 2.05) is 29.2 Å². The van der Waals surface area contributed by atoms with Crippen molar-refractivity contribution < 1.29 is 14.3 Å². The van der Waals surface area contributed by atoms with E-state index in [0.29, 0.717) is 29.4 Å². The summed E-state index contributed by atoms with van der Waals surface area (Å²) in [6.45, 7) is 1.77. The highest BCUT2D eigenvalue weighted by molar-refractivity contribution is 6.31. The van der Waals surface area contributed by atoms with Crippen LogP contribution in [-0.4, -0.2) is 43.0 Å². The molecule has 3 rings (SSSR count). The van der Waals surface area contributed by atoms with E-state index in [2.05, 4.69) is 5.32 Å². The van der Waals surface area contributed by atoms with Gasteiger partial charge in [0.1, 0.15) is 5.75 Å². The molecule has 0 aliphatic carbocycles. The van der Waals surface area contributed by atoms with Crippen LogP contribution in [0.5, 0.6) is 5.75 Å². The molecule has 144 valence electrons. The molecule has 1 saturated heterocycles. The monoisotopic (exact) mass is 409 g/mol. The standard InChI is InChI=1S/C19H20ClN3O3.ClH/c20-16-4-2-1-3-15(16)17-11-22-9-10-23(17)19(25)13-5-7-14(8-6-13)26-12-18(21)24;/h1-8,17,22H,9-12H2,(H2,21,24);1H. The van der Waals surface area contributed by atoms with E-state index in [0.717, 1.165) is 12.1 Å². The molecule has 1 fully saturated rings. The molecule has 2 aromatic rings. The molecule has 1 atom stereocenters. The van der Waals surface area contributed by atoms with Crippen LogP contribution in [0.4, 0.5) is 0 Å². The SMILES string of the molecule is Cl.NC(=O)COc1ccc(C(=O)N2CCNCC2c2ccccc2Cl)cc1. The van der Waals surface area contributed by atoms with Crippen LogP contribution in [0.25, 0.3) is 0 Å². The van der Waals surface area contributed by atoms with Gasteiger partial charge in [0, 0.05) is 30.2 Å². The molecule has 2 aromatic carbocycles. The number of hydrogen-bond acceptors (Lipinski definition) is 4. The average Bonchev–Trinajstić information content (AvgIpc) is 2.67. The van der Waals surface area contributed by atoms with Gasteiger partial charge < -0.3 is 20.7 Å². The first-order chi connectivity index (χ1) is 12.6. The zero-order valence-corrected chi connectivity index (χ0v) is 16.1. The van der Waals surface area contributed by atoms with E-state index in [4.69, 9.17) is 22.1 Å². The van der Waals surface area contributed by atoms with Gasteiger partial charge in [0.15, 0.2) is 6.61 Å². The third-order valence-electron chi connectivity index (χ3n) is 4.25. The number of ether oxygens (including phenoxy) is 1. The van der Waals surface area contributed by atoms with E-state index < -0.39 is 5.91 Å². The van der Waals surface area contributed by atoms with Crippen LogP contribution in [0, 0.1) is 0 Å². The van der Waals surface area contributed by atoms with Gasteiger partial charge in [0.25, 0.3) is 11.8 Å². The van der Waals surface area contributed by atoms with Crippen molar-refractivity contribution >= 4 is 35.8 Å². The van der Waals surface area contributed by atoms with Gasteiger partial charge in [0.2, 0.25) is 0 Å². The van der Waals surface area contributed by atoms with Gasteiger partial charge in [-0.1, -0.05) is 29.8 Å². The molecule has 0 radical (unpaired) electrons. The molecule has 1 aliphatic rings. The summed E-state index contributed by atoms with van der Waals surface area (Å²) in [6.07, 6.45) is 0. The van der Waals surface area contributed by atoms with Gasteiger partial charge in [-0.2, -0.15) is 0 Å². The molecular formula is C19H21Cl2N3O3. The molecule has 2 amide bonds. The quantitative estimate of drug-likeness (QED) is 0.793. The molecule has 0 aromatic heterocycles. The number of amides is 2. The molecule has 6 nitrogen and oxygen atoms in total. The predicted octanol–water partition coefficient (Wildman–Crippen LogP) is 2.41. The van der Waals surface area contributed by atoms with Gasteiger partial charge in [-0.3, -0.25) is 9.59 Å². The van der Waals surface area contributed by atoms with Crippen LogP contribution >= 0.6 is 24.0 Å². The Hall–Kier alpha value is -2.28. The van der Waals surface area contributed by atoms with Crippen molar-refractivity contribution in [2.75, 3.05) is 26.2 Å². The zero-order valence-electron chi connectivity index (χ0n) is 14.6. The highest BCUT2D eigenvalue weighted by atomic mass is 35.5. The number of nitrogens with one attached hydrogen (secondary N) is 1. The molecule has 0 saturated carbocycles. The number of benzene rings is 2. The summed E-state index contributed by atoms with van der Waals surface area (Å²) < 4.78 is 5.23. The van der Waals surface area contributed by atoms with Crippen molar-refractivity contribution in [3.63, 3.8) is 0 Å². The zero-order chi connectivity index (χ0) is 18.5. The number of rotatable bonds is 5. The number of nitrogens with zero attached hydrogens (tertiary/aromatic N) is 1. The van der Waals surface area contributed by atoms with E-state index in [-0.39, 0.29) is 31.0 Å². The van der Waals surface area contributed by atoms with Gasteiger partial charge in [-0.05, 0) is 35.9 Å². The molecule has 0 bridgehead atoms.